The van der Waals surface area contributed by atoms with E-state index >= 15 is 0 Å². The molecular formula is C10H19N3O3. The Morgan fingerprint density at radius 3 is 2.25 bits per heavy atom. The summed E-state index contributed by atoms with van der Waals surface area (Å²) in [6.07, 6.45) is -0.519. The normalized spacial score (nSPS) is 16.2. The molecule has 2 amide bonds. The van der Waals surface area contributed by atoms with Crippen LogP contribution in [-0.4, -0.2) is 41.7 Å². The number of hydrazine groups is 1. The molecule has 6 heteroatoms. The van der Waals surface area contributed by atoms with Crippen molar-refractivity contribution in [1.82, 2.24) is 15.8 Å². The number of carbonyl (C=O) groups is 2. The molecule has 0 aliphatic carbocycles. The van der Waals surface area contributed by atoms with Crippen molar-refractivity contribution in [2.45, 2.75) is 39.3 Å². The molecule has 0 bridgehead atoms. The van der Waals surface area contributed by atoms with E-state index in [1.165, 1.54) is 11.9 Å². The Hall–Kier alpha value is -1.30. The van der Waals surface area contributed by atoms with Gasteiger partial charge in [0.1, 0.15) is 5.60 Å². The molecule has 1 aliphatic heterocycles. The fourth-order valence-electron chi connectivity index (χ4n) is 1.22. The lowest BCUT2D eigenvalue weighted by Crippen LogP contribution is -2.64. The predicted octanol–water partition coefficient (Wildman–Crippen LogP) is 0.246. The summed E-state index contributed by atoms with van der Waals surface area (Å²) in [6.45, 7) is 8.06. The number of rotatable bonds is 1. The summed E-state index contributed by atoms with van der Waals surface area (Å²) in [5.74, 6) is -0.280. The van der Waals surface area contributed by atoms with Crippen molar-refractivity contribution in [1.29, 1.82) is 0 Å². The van der Waals surface area contributed by atoms with Crippen LogP contribution in [0.15, 0.2) is 0 Å². The second-order valence-electron chi connectivity index (χ2n) is 4.83. The molecule has 92 valence electrons. The second-order valence-corrected chi connectivity index (χ2v) is 4.83. The molecule has 0 spiro atoms. The van der Waals surface area contributed by atoms with Gasteiger partial charge in [-0.25, -0.2) is 9.80 Å². The quantitative estimate of drug-likeness (QED) is 0.632. The summed E-state index contributed by atoms with van der Waals surface area (Å²) in [5, 5.41) is 4.29. The summed E-state index contributed by atoms with van der Waals surface area (Å²) in [7, 11) is 0. The zero-order valence-corrected chi connectivity index (χ0v) is 10.2. The number of carbonyl (C=O) groups excluding carboxylic acids is 2. The molecule has 0 unspecified atom stereocenters. The van der Waals surface area contributed by atoms with Crippen LogP contribution in [0.1, 0.15) is 27.7 Å². The Kier molecular flexibility index (Phi) is 3.74. The molecule has 0 atom stereocenters. The van der Waals surface area contributed by atoms with Crippen molar-refractivity contribution in [3.8, 4) is 0 Å². The van der Waals surface area contributed by atoms with Gasteiger partial charge in [-0.1, -0.05) is 0 Å². The third kappa shape index (κ3) is 3.69. The molecule has 2 N–H and O–H groups in total. The highest BCUT2D eigenvalue weighted by Crippen LogP contribution is 2.12. The van der Waals surface area contributed by atoms with Crippen molar-refractivity contribution in [2.75, 3.05) is 13.1 Å². The average molecular weight is 229 g/mol. The van der Waals surface area contributed by atoms with Crippen LogP contribution in [0.4, 0.5) is 4.79 Å². The highest BCUT2D eigenvalue weighted by Gasteiger charge is 2.32. The lowest BCUT2D eigenvalue weighted by molar-refractivity contribution is -0.125. The Morgan fingerprint density at radius 2 is 1.94 bits per heavy atom. The fourth-order valence-corrected chi connectivity index (χ4v) is 1.22. The summed E-state index contributed by atoms with van der Waals surface area (Å²) >= 11 is 0. The molecule has 0 aromatic rings. The topological polar surface area (TPSA) is 70.7 Å². The van der Waals surface area contributed by atoms with Gasteiger partial charge in [0.25, 0.3) is 0 Å². The van der Waals surface area contributed by atoms with Crippen LogP contribution in [0.3, 0.4) is 0 Å². The fraction of sp³-hybridized carbons (Fsp3) is 0.800. The summed E-state index contributed by atoms with van der Waals surface area (Å²) in [6, 6.07) is -0.0289. The first kappa shape index (κ1) is 12.8. The SMILES string of the molecule is CC(=O)NN(C(=O)OC(C)(C)C)C1CNC1. The van der Waals surface area contributed by atoms with E-state index in [2.05, 4.69) is 10.7 Å². The summed E-state index contributed by atoms with van der Waals surface area (Å²) < 4.78 is 5.20. The van der Waals surface area contributed by atoms with Gasteiger partial charge in [-0.3, -0.25) is 10.2 Å². The zero-order chi connectivity index (χ0) is 12.3. The van der Waals surface area contributed by atoms with Crippen molar-refractivity contribution in [3.05, 3.63) is 0 Å². The van der Waals surface area contributed by atoms with Gasteiger partial charge in [-0.15, -0.1) is 0 Å². The largest absolute Gasteiger partial charge is 0.442 e. The molecule has 1 aliphatic rings. The number of nitrogens with one attached hydrogen (secondary N) is 2. The minimum absolute atomic E-state index is 0.0289. The van der Waals surface area contributed by atoms with E-state index in [0.717, 1.165) is 0 Å². The maximum absolute atomic E-state index is 11.8. The Labute approximate surface area is 95.3 Å². The van der Waals surface area contributed by atoms with E-state index in [9.17, 15) is 9.59 Å². The van der Waals surface area contributed by atoms with Gasteiger partial charge in [0, 0.05) is 20.0 Å². The van der Waals surface area contributed by atoms with Crippen LogP contribution < -0.4 is 10.7 Å². The average Bonchev–Trinajstić information content (AvgIpc) is 1.95. The third-order valence-corrected chi connectivity index (χ3v) is 1.99. The molecule has 16 heavy (non-hydrogen) atoms. The van der Waals surface area contributed by atoms with Gasteiger partial charge in [-0.2, -0.15) is 0 Å². The third-order valence-electron chi connectivity index (χ3n) is 1.99. The monoisotopic (exact) mass is 229 g/mol. The molecule has 0 aromatic heterocycles. The highest BCUT2D eigenvalue weighted by molar-refractivity contribution is 5.77. The van der Waals surface area contributed by atoms with Crippen LogP contribution in [0, 0.1) is 0 Å². The van der Waals surface area contributed by atoms with Gasteiger partial charge >= 0.3 is 6.09 Å². The molecule has 0 radical (unpaired) electrons. The first-order valence-electron chi connectivity index (χ1n) is 5.30. The van der Waals surface area contributed by atoms with Crippen LogP contribution in [0.5, 0.6) is 0 Å². The van der Waals surface area contributed by atoms with Crippen LogP contribution in [0.2, 0.25) is 0 Å². The molecule has 6 nitrogen and oxygen atoms in total. The molecule has 0 saturated carbocycles. The lowest BCUT2D eigenvalue weighted by Gasteiger charge is -2.38. The smallest absolute Gasteiger partial charge is 0.429 e. The molecule has 1 saturated heterocycles. The highest BCUT2D eigenvalue weighted by atomic mass is 16.6. The van der Waals surface area contributed by atoms with E-state index in [0.29, 0.717) is 13.1 Å². The summed E-state index contributed by atoms with van der Waals surface area (Å²) in [5.41, 5.74) is 1.92. The van der Waals surface area contributed by atoms with Crippen LogP contribution >= 0.6 is 0 Å². The number of hydrogen-bond donors (Lipinski definition) is 2. The Balaban J connectivity index is 2.60. The zero-order valence-electron chi connectivity index (χ0n) is 10.2. The molecule has 1 fully saturated rings. The first-order valence-corrected chi connectivity index (χ1v) is 5.30. The predicted molar refractivity (Wildman–Crippen MR) is 58.5 cm³/mol. The number of ether oxygens (including phenoxy) is 1. The molecule has 1 rings (SSSR count). The van der Waals surface area contributed by atoms with Gasteiger partial charge in [-0.05, 0) is 20.8 Å². The van der Waals surface area contributed by atoms with Crippen LogP contribution in [0.25, 0.3) is 0 Å². The van der Waals surface area contributed by atoms with Gasteiger partial charge in [0.2, 0.25) is 5.91 Å². The van der Waals surface area contributed by atoms with E-state index in [1.807, 2.05) is 0 Å². The van der Waals surface area contributed by atoms with Gasteiger partial charge < -0.3 is 10.1 Å². The van der Waals surface area contributed by atoms with E-state index in [4.69, 9.17) is 4.74 Å². The van der Waals surface area contributed by atoms with Crippen molar-refractivity contribution >= 4 is 12.0 Å². The number of hydrogen-bond acceptors (Lipinski definition) is 4. The van der Waals surface area contributed by atoms with Crippen molar-refractivity contribution in [2.24, 2.45) is 0 Å². The van der Waals surface area contributed by atoms with E-state index in [1.54, 1.807) is 20.8 Å². The van der Waals surface area contributed by atoms with Gasteiger partial charge in [0.05, 0.1) is 6.04 Å². The number of nitrogens with zero attached hydrogens (tertiary/aromatic N) is 1. The maximum Gasteiger partial charge on any atom is 0.429 e. The minimum Gasteiger partial charge on any atom is -0.442 e. The molecular weight excluding hydrogens is 210 g/mol. The van der Waals surface area contributed by atoms with E-state index < -0.39 is 11.7 Å². The minimum atomic E-state index is -0.565. The lowest BCUT2D eigenvalue weighted by atomic mass is 10.2. The second kappa shape index (κ2) is 4.69. The Morgan fingerprint density at radius 1 is 1.38 bits per heavy atom. The Bertz CT molecular complexity index is 282. The maximum atomic E-state index is 11.8. The molecule has 1 heterocycles. The standard InChI is InChI=1S/C10H19N3O3/c1-7(14)12-13(8-5-11-6-8)9(15)16-10(2,3)4/h8,11H,5-6H2,1-4H3,(H,12,14). The number of amides is 2. The van der Waals surface area contributed by atoms with Gasteiger partial charge in [0.15, 0.2) is 0 Å². The van der Waals surface area contributed by atoms with E-state index in [-0.39, 0.29) is 11.9 Å². The first-order chi connectivity index (χ1) is 7.29. The van der Waals surface area contributed by atoms with Crippen LogP contribution in [-0.2, 0) is 9.53 Å². The summed E-state index contributed by atoms with van der Waals surface area (Å²) in [4.78, 5) is 22.8. The van der Waals surface area contributed by atoms with Crippen molar-refractivity contribution < 1.29 is 14.3 Å². The molecule has 0 aromatic carbocycles. The van der Waals surface area contributed by atoms with Crippen molar-refractivity contribution in [3.63, 3.8) is 0 Å².